The van der Waals surface area contributed by atoms with E-state index in [2.05, 4.69) is 0 Å². The Morgan fingerprint density at radius 1 is 0.974 bits per heavy atom. The molecule has 0 aliphatic carbocycles. The van der Waals surface area contributed by atoms with Crippen LogP contribution in [0, 0.1) is 5.82 Å². The Kier molecular flexibility index (Phi) is 8.00. The molecule has 4 rings (SSSR count). The second kappa shape index (κ2) is 11.4. The van der Waals surface area contributed by atoms with Crippen molar-refractivity contribution in [1.29, 1.82) is 0 Å². The first-order valence-corrected chi connectivity index (χ1v) is 12.2. The van der Waals surface area contributed by atoms with E-state index in [0.717, 1.165) is 5.56 Å². The van der Waals surface area contributed by atoms with Gasteiger partial charge < -0.3 is 24.2 Å². The molecular formula is C30H30FNO6. The Bertz CT molecular complexity index is 1370. The average molecular weight is 520 g/mol. The predicted molar refractivity (Wildman–Crippen MR) is 141 cm³/mol. The van der Waals surface area contributed by atoms with Gasteiger partial charge in [0.25, 0.3) is 11.7 Å². The fourth-order valence-electron chi connectivity index (χ4n) is 4.53. The van der Waals surface area contributed by atoms with E-state index in [0.29, 0.717) is 23.5 Å². The summed E-state index contributed by atoms with van der Waals surface area (Å²) in [6, 6.07) is 17.0. The number of likely N-dealkylation sites (tertiary alicyclic amines) is 1. The summed E-state index contributed by atoms with van der Waals surface area (Å²) in [6.07, 6.45) is 0.302. The number of ether oxygens (including phenoxy) is 3. The molecule has 38 heavy (non-hydrogen) atoms. The second-order valence-corrected chi connectivity index (χ2v) is 9.17. The fourth-order valence-corrected chi connectivity index (χ4v) is 4.53. The van der Waals surface area contributed by atoms with Gasteiger partial charge in [0.2, 0.25) is 0 Å². The molecule has 1 atom stereocenters. The summed E-state index contributed by atoms with van der Waals surface area (Å²) in [5, 5.41) is 11.5. The highest BCUT2D eigenvalue weighted by molar-refractivity contribution is 6.46. The number of carbonyl (C=O) groups excluding carboxylic acids is 2. The Balaban J connectivity index is 1.82. The number of aliphatic hydroxyl groups is 1. The van der Waals surface area contributed by atoms with Crippen LogP contribution >= 0.6 is 0 Å². The molecule has 0 radical (unpaired) electrons. The Morgan fingerprint density at radius 3 is 2.37 bits per heavy atom. The number of ketones is 1. The maximum absolute atomic E-state index is 13.4. The number of Topliss-reactive ketones (excluding diaryl/α,β-unsaturated/α-hetero) is 1. The van der Waals surface area contributed by atoms with Gasteiger partial charge in [0.05, 0.1) is 37.5 Å². The molecular weight excluding hydrogens is 489 g/mol. The topological polar surface area (TPSA) is 85.3 Å². The average Bonchev–Trinajstić information content (AvgIpc) is 3.16. The zero-order valence-corrected chi connectivity index (χ0v) is 21.7. The van der Waals surface area contributed by atoms with E-state index in [1.54, 1.807) is 54.6 Å². The number of rotatable bonds is 9. The molecule has 7 nitrogen and oxygen atoms in total. The fraction of sp³-hybridized carbons (Fsp3) is 0.267. The number of hydrogen-bond donors (Lipinski definition) is 1. The van der Waals surface area contributed by atoms with Gasteiger partial charge in [-0.05, 0) is 67.8 Å². The molecule has 3 aromatic rings. The van der Waals surface area contributed by atoms with E-state index < -0.39 is 17.7 Å². The van der Waals surface area contributed by atoms with Gasteiger partial charge in [-0.15, -0.1) is 0 Å². The van der Waals surface area contributed by atoms with Crippen LogP contribution in [0.1, 0.15) is 36.6 Å². The number of aliphatic hydroxyl groups excluding tert-OH is 1. The van der Waals surface area contributed by atoms with Gasteiger partial charge in [-0.3, -0.25) is 9.59 Å². The first kappa shape index (κ1) is 26.7. The quantitative estimate of drug-likeness (QED) is 0.235. The Labute approximate surface area is 221 Å². The molecule has 1 saturated heterocycles. The monoisotopic (exact) mass is 519 g/mol. The molecule has 0 saturated carbocycles. The molecule has 1 unspecified atom stereocenters. The highest BCUT2D eigenvalue weighted by atomic mass is 19.1. The van der Waals surface area contributed by atoms with Crippen molar-refractivity contribution >= 4 is 17.4 Å². The van der Waals surface area contributed by atoms with Crippen LogP contribution in [0.4, 0.5) is 4.39 Å². The summed E-state index contributed by atoms with van der Waals surface area (Å²) >= 11 is 0. The predicted octanol–water partition coefficient (Wildman–Crippen LogP) is 5.29. The number of carbonyl (C=O) groups is 2. The van der Waals surface area contributed by atoms with Gasteiger partial charge in [0, 0.05) is 12.6 Å². The van der Waals surface area contributed by atoms with Gasteiger partial charge in [0.1, 0.15) is 28.8 Å². The normalized spacial score (nSPS) is 16.7. The lowest BCUT2D eigenvalue weighted by Crippen LogP contribution is -2.31. The number of hydrogen-bond acceptors (Lipinski definition) is 6. The van der Waals surface area contributed by atoms with Crippen LogP contribution in [0.5, 0.6) is 17.2 Å². The molecule has 1 N–H and O–H groups in total. The first-order valence-electron chi connectivity index (χ1n) is 12.2. The summed E-state index contributed by atoms with van der Waals surface area (Å²) in [5.74, 6) is -0.884. The van der Waals surface area contributed by atoms with Crippen molar-refractivity contribution in [3.63, 3.8) is 0 Å². The van der Waals surface area contributed by atoms with Gasteiger partial charge >= 0.3 is 0 Å². The minimum atomic E-state index is -0.877. The summed E-state index contributed by atoms with van der Waals surface area (Å²) in [7, 11) is 2.95. The van der Waals surface area contributed by atoms with Crippen LogP contribution < -0.4 is 14.2 Å². The van der Waals surface area contributed by atoms with Crippen molar-refractivity contribution in [2.24, 2.45) is 0 Å². The summed E-state index contributed by atoms with van der Waals surface area (Å²) in [6.45, 7) is 3.97. The highest BCUT2D eigenvalue weighted by Gasteiger charge is 2.46. The lowest BCUT2D eigenvalue weighted by atomic mass is 9.94. The van der Waals surface area contributed by atoms with Crippen LogP contribution in [0.25, 0.3) is 5.76 Å². The maximum atomic E-state index is 13.4. The second-order valence-electron chi connectivity index (χ2n) is 9.17. The van der Waals surface area contributed by atoms with Crippen LogP contribution in [0.3, 0.4) is 0 Å². The molecule has 1 heterocycles. The third-order valence-corrected chi connectivity index (χ3v) is 6.30. The maximum Gasteiger partial charge on any atom is 0.295 e. The highest BCUT2D eigenvalue weighted by Crippen LogP contribution is 2.42. The third kappa shape index (κ3) is 5.49. The SMILES string of the molecule is COc1ccc(/C(O)=C2\C(=O)C(=O)N(CCc3ccc(F)cc3)C2c2cccc(OC(C)C)c2)c(OC)c1. The number of nitrogens with zero attached hydrogens (tertiary/aromatic N) is 1. The number of amides is 1. The van der Waals surface area contributed by atoms with E-state index in [1.807, 2.05) is 13.8 Å². The standard InChI is InChI=1S/C30H30FNO6/c1-18(2)38-23-7-5-6-20(16-23)27-26(28(33)24-13-12-22(36-3)17-25(24)37-4)29(34)30(35)32(27)15-14-19-8-10-21(31)11-9-19/h5-13,16-18,27,33H,14-15H2,1-4H3/b28-26+. The summed E-state index contributed by atoms with van der Waals surface area (Å²) < 4.78 is 29.9. The first-order chi connectivity index (χ1) is 18.2. The van der Waals surface area contributed by atoms with Crippen LogP contribution in [0.15, 0.2) is 72.3 Å². The lowest BCUT2D eigenvalue weighted by Gasteiger charge is -2.26. The Morgan fingerprint density at radius 2 is 1.71 bits per heavy atom. The van der Waals surface area contributed by atoms with Crippen molar-refractivity contribution in [2.75, 3.05) is 20.8 Å². The van der Waals surface area contributed by atoms with E-state index in [4.69, 9.17) is 14.2 Å². The molecule has 0 aromatic heterocycles. The number of methoxy groups -OCH3 is 2. The van der Waals surface area contributed by atoms with Crippen LogP contribution in [-0.2, 0) is 16.0 Å². The minimum Gasteiger partial charge on any atom is -0.507 e. The van der Waals surface area contributed by atoms with Gasteiger partial charge in [0.15, 0.2) is 0 Å². The smallest absolute Gasteiger partial charge is 0.295 e. The van der Waals surface area contributed by atoms with E-state index in [1.165, 1.54) is 31.3 Å². The third-order valence-electron chi connectivity index (χ3n) is 6.30. The Hall–Kier alpha value is -4.33. The van der Waals surface area contributed by atoms with Crippen molar-refractivity contribution < 1.29 is 33.3 Å². The van der Waals surface area contributed by atoms with Crippen molar-refractivity contribution in [2.45, 2.75) is 32.4 Å². The zero-order chi connectivity index (χ0) is 27.4. The molecule has 1 aliphatic rings. The molecule has 198 valence electrons. The molecule has 1 aliphatic heterocycles. The molecule has 0 spiro atoms. The van der Waals surface area contributed by atoms with Crippen molar-refractivity contribution in [3.05, 3.63) is 94.8 Å². The molecule has 8 heteroatoms. The van der Waals surface area contributed by atoms with Crippen LogP contribution in [0.2, 0.25) is 0 Å². The van der Waals surface area contributed by atoms with Gasteiger partial charge in [-0.2, -0.15) is 0 Å². The zero-order valence-electron chi connectivity index (χ0n) is 21.7. The van der Waals surface area contributed by atoms with Crippen molar-refractivity contribution in [3.8, 4) is 17.2 Å². The summed E-state index contributed by atoms with van der Waals surface area (Å²) in [5.41, 5.74) is 1.61. The molecule has 1 fully saturated rings. The van der Waals surface area contributed by atoms with E-state index >= 15 is 0 Å². The molecule has 0 bridgehead atoms. The minimum absolute atomic E-state index is 0.0562. The van der Waals surface area contributed by atoms with Gasteiger partial charge in [-0.25, -0.2) is 4.39 Å². The van der Waals surface area contributed by atoms with Crippen LogP contribution in [-0.4, -0.2) is 48.6 Å². The molecule has 1 amide bonds. The summed E-state index contributed by atoms with van der Waals surface area (Å²) in [4.78, 5) is 28.1. The van der Waals surface area contributed by atoms with E-state index in [-0.39, 0.29) is 41.1 Å². The number of benzene rings is 3. The van der Waals surface area contributed by atoms with E-state index in [9.17, 15) is 19.1 Å². The largest absolute Gasteiger partial charge is 0.507 e. The lowest BCUT2D eigenvalue weighted by molar-refractivity contribution is -0.139. The number of halogens is 1. The van der Waals surface area contributed by atoms with Gasteiger partial charge in [-0.1, -0.05) is 24.3 Å². The van der Waals surface area contributed by atoms with Crippen molar-refractivity contribution in [1.82, 2.24) is 4.90 Å². The molecule has 3 aromatic carbocycles.